The molecule has 0 spiro atoms. The molecule has 6 aromatic carbocycles. The number of rotatable bonds is 5. The second-order valence-electron chi connectivity index (χ2n) is 15.0. The molecule has 7 aromatic rings. The molecule has 0 saturated heterocycles. The molecular weight excluding hydrogens is 657 g/mol. The van der Waals surface area contributed by atoms with Crippen molar-refractivity contribution in [3.8, 4) is 0 Å². The largest absolute Gasteiger partial charge is 0.454 e. The average Bonchev–Trinajstić information content (AvgIpc) is 3.61. The van der Waals surface area contributed by atoms with Gasteiger partial charge in [0, 0.05) is 56.4 Å². The highest BCUT2D eigenvalue weighted by Gasteiger charge is 2.57. The maximum Gasteiger partial charge on any atom is 0.226 e. The Morgan fingerprint density at radius 2 is 1.46 bits per heavy atom. The van der Waals surface area contributed by atoms with Gasteiger partial charge >= 0.3 is 0 Å². The Morgan fingerprint density at radius 3 is 2.31 bits per heavy atom. The summed E-state index contributed by atoms with van der Waals surface area (Å²) >= 11 is 0. The first-order chi connectivity index (χ1) is 26.7. The Hall–Kier alpha value is -6.46. The summed E-state index contributed by atoms with van der Waals surface area (Å²) in [5, 5.41) is 2.24. The van der Waals surface area contributed by atoms with Crippen LogP contribution in [0.4, 0.5) is 34.1 Å². The predicted molar refractivity (Wildman–Crippen MR) is 227 cm³/mol. The second-order valence-corrected chi connectivity index (χ2v) is 15.0. The molecule has 4 aliphatic rings. The van der Waals surface area contributed by atoms with Gasteiger partial charge in [-0.1, -0.05) is 115 Å². The van der Waals surface area contributed by atoms with E-state index in [9.17, 15) is 0 Å². The van der Waals surface area contributed by atoms with Gasteiger partial charge in [-0.3, -0.25) is 0 Å². The first-order valence-corrected chi connectivity index (χ1v) is 19.1. The zero-order chi connectivity index (χ0) is 35.8. The fraction of sp³-hybridized carbons (Fsp3) is 0.102. The summed E-state index contributed by atoms with van der Waals surface area (Å²) in [5.74, 6) is 0.168. The number of anilines is 6. The van der Waals surface area contributed by atoms with Crippen molar-refractivity contribution in [3.63, 3.8) is 0 Å². The van der Waals surface area contributed by atoms with E-state index in [0.717, 1.165) is 51.8 Å². The van der Waals surface area contributed by atoms with Gasteiger partial charge in [-0.05, 0) is 97.4 Å². The van der Waals surface area contributed by atoms with Crippen LogP contribution in [-0.2, 0) is 0 Å². The van der Waals surface area contributed by atoms with Crippen LogP contribution in [-0.4, -0.2) is 12.3 Å². The van der Waals surface area contributed by atoms with Crippen molar-refractivity contribution in [1.29, 1.82) is 0 Å². The highest BCUT2D eigenvalue weighted by atomic mass is 16.3. The number of nitrogens with zero attached hydrogens (tertiary/aromatic N) is 3. The highest BCUT2D eigenvalue weighted by molar-refractivity contribution is 6.90. The van der Waals surface area contributed by atoms with Crippen LogP contribution in [0.3, 0.4) is 0 Å². The quantitative estimate of drug-likeness (QED) is 0.167. The predicted octanol–water partition coefficient (Wildman–Crippen LogP) is 11.5. The van der Waals surface area contributed by atoms with E-state index in [1.807, 2.05) is 6.07 Å². The molecule has 0 N–H and O–H groups in total. The van der Waals surface area contributed by atoms with Crippen LogP contribution in [0.1, 0.15) is 19.8 Å². The molecule has 54 heavy (non-hydrogen) atoms. The van der Waals surface area contributed by atoms with E-state index in [1.165, 1.54) is 39.4 Å². The number of hydrogen-bond donors (Lipinski definition) is 0. The Kier molecular flexibility index (Phi) is 6.94. The molecule has 1 aromatic heterocycles. The van der Waals surface area contributed by atoms with Crippen LogP contribution < -0.4 is 25.6 Å². The van der Waals surface area contributed by atoms with Gasteiger partial charge in [0.05, 0.1) is 11.2 Å². The first-order valence-electron chi connectivity index (χ1n) is 19.1. The second kappa shape index (κ2) is 12.0. The number of benzene rings is 6. The molecule has 2 atom stereocenters. The fourth-order valence-corrected chi connectivity index (χ4v) is 9.75. The fourth-order valence-electron chi connectivity index (χ4n) is 9.75. The molecule has 11 rings (SSSR count). The molecule has 2 aliphatic carbocycles. The van der Waals surface area contributed by atoms with Crippen LogP contribution in [0.5, 0.6) is 0 Å². The monoisotopic (exact) mass is 695 g/mol. The van der Waals surface area contributed by atoms with Crippen molar-refractivity contribution in [3.05, 3.63) is 193 Å². The third-order valence-electron chi connectivity index (χ3n) is 12.0. The number of para-hydroxylation sites is 5. The van der Waals surface area contributed by atoms with Gasteiger partial charge in [-0.25, -0.2) is 0 Å². The van der Waals surface area contributed by atoms with Gasteiger partial charge in [0.1, 0.15) is 5.58 Å². The Bertz CT molecular complexity index is 2730. The van der Waals surface area contributed by atoms with Gasteiger partial charge in [0.25, 0.3) is 0 Å². The van der Waals surface area contributed by atoms with Crippen LogP contribution in [0.15, 0.2) is 198 Å². The molecule has 258 valence electrons. The molecule has 2 aliphatic heterocycles. The third-order valence-corrected chi connectivity index (χ3v) is 12.0. The normalized spacial score (nSPS) is 19.6. The highest BCUT2D eigenvalue weighted by Crippen LogP contribution is 2.55. The van der Waals surface area contributed by atoms with Crippen molar-refractivity contribution >= 4 is 73.7 Å². The van der Waals surface area contributed by atoms with Crippen LogP contribution in [0, 0.1) is 0 Å². The Morgan fingerprint density at radius 1 is 0.704 bits per heavy atom. The molecular formula is C49H38BN3O. The minimum absolute atomic E-state index is 0.153. The maximum atomic E-state index is 6.67. The minimum atomic E-state index is -0.372. The van der Waals surface area contributed by atoms with E-state index < -0.39 is 0 Å². The van der Waals surface area contributed by atoms with E-state index in [-0.39, 0.29) is 18.1 Å². The van der Waals surface area contributed by atoms with Crippen molar-refractivity contribution in [2.24, 2.45) is 0 Å². The van der Waals surface area contributed by atoms with Crippen molar-refractivity contribution < 1.29 is 4.42 Å². The number of hydrogen-bond acceptors (Lipinski definition) is 4. The smallest absolute Gasteiger partial charge is 0.226 e. The summed E-state index contributed by atoms with van der Waals surface area (Å²) in [6, 6.07) is 52.7. The van der Waals surface area contributed by atoms with Crippen LogP contribution >= 0.6 is 0 Å². The zero-order valence-electron chi connectivity index (χ0n) is 30.1. The van der Waals surface area contributed by atoms with Gasteiger partial charge in [-0.15, -0.1) is 0 Å². The molecule has 0 fully saturated rings. The van der Waals surface area contributed by atoms with E-state index in [4.69, 9.17) is 4.42 Å². The molecule has 2 unspecified atom stereocenters. The number of furan rings is 1. The summed E-state index contributed by atoms with van der Waals surface area (Å²) in [7, 11) is 0. The Balaban J connectivity index is 1.18. The zero-order valence-corrected chi connectivity index (χ0v) is 30.1. The number of fused-ring (bicyclic) bond motifs is 7. The van der Waals surface area contributed by atoms with Crippen molar-refractivity contribution in [2.75, 3.05) is 14.7 Å². The summed E-state index contributed by atoms with van der Waals surface area (Å²) in [5.41, 5.74) is 13.5. The lowest BCUT2D eigenvalue weighted by Crippen LogP contribution is -2.68. The molecule has 5 heteroatoms. The van der Waals surface area contributed by atoms with Gasteiger partial charge in [-0.2, -0.15) is 0 Å². The lowest BCUT2D eigenvalue weighted by atomic mass is 9.26. The summed E-state index contributed by atoms with van der Waals surface area (Å²) in [6.45, 7) is 2.60. The first kappa shape index (κ1) is 31.1. The average molecular weight is 696 g/mol. The van der Waals surface area contributed by atoms with E-state index in [1.54, 1.807) is 0 Å². The topological polar surface area (TPSA) is 22.9 Å². The molecule has 0 amide bonds. The van der Waals surface area contributed by atoms with E-state index in [2.05, 4.69) is 198 Å². The Labute approximate surface area is 316 Å². The SMILES string of the molecule is CC12C=CC=C3C1B(c1ccccc1N3C1=CCCC=C1)c1ccc(N(c3ccccc3)c3cccc4c3oc3ccccc34)cc1N2c1ccccc1. The maximum absolute atomic E-state index is 6.67. The molecule has 0 radical (unpaired) electrons. The number of allylic oxidation sites excluding steroid dienone is 5. The van der Waals surface area contributed by atoms with Crippen molar-refractivity contribution in [1.82, 2.24) is 0 Å². The lowest BCUT2D eigenvalue weighted by Gasteiger charge is -2.58. The summed E-state index contributed by atoms with van der Waals surface area (Å²) < 4.78 is 6.67. The summed E-state index contributed by atoms with van der Waals surface area (Å²) in [4.78, 5) is 7.52. The van der Waals surface area contributed by atoms with Gasteiger partial charge < -0.3 is 19.1 Å². The third kappa shape index (κ3) is 4.51. The summed E-state index contributed by atoms with van der Waals surface area (Å²) in [6.07, 6.45) is 16.3. The van der Waals surface area contributed by atoms with Gasteiger partial charge in [0.15, 0.2) is 5.58 Å². The minimum Gasteiger partial charge on any atom is -0.454 e. The molecule has 4 nitrogen and oxygen atoms in total. The molecule has 0 bridgehead atoms. The van der Waals surface area contributed by atoms with E-state index in [0.29, 0.717) is 0 Å². The lowest BCUT2D eigenvalue weighted by molar-refractivity contribution is 0.535. The van der Waals surface area contributed by atoms with Crippen molar-refractivity contribution in [2.45, 2.75) is 31.1 Å². The van der Waals surface area contributed by atoms with E-state index >= 15 is 0 Å². The van der Waals surface area contributed by atoms with Gasteiger partial charge in [0.2, 0.25) is 6.71 Å². The van der Waals surface area contributed by atoms with Crippen LogP contribution in [0.2, 0.25) is 5.82 Å². The molecule has 0 saturated carbocycles. The van der Waals surface area contributed by atoms with Crippen LogP contribution in [0.25, 0.3) is 21.9 Å². The standard InChI is InChI=1S/C49H38BN3O/c1-49-32-16-28-44-48(49)50(40-25-12-13-26-42(40)52(44)35-19-7-3-8-20-35)41-31-30-37(33-45(41)53(49)36-21-9-4-10-22-36)51(34-17-5-2-6-18-34)43-27-15-24-39-38-23-11-14-29-46(38)54-47(39)43/h2,4-7,9-33,48H,3,8H2,1H3. The molecule has 3 heterocycles.